The van der Waals surface area contributed by atoms with Gasteiger partial charge in [-0.1, -0.05) is 6.07 Å². The van der Waals surface area contributed by atoms with Gasteiger partial charge in [0, 0.05) is 16.5 Å². The van der Waals surface area contributed by atoms with Crippen LogP contribution in [0.1, 0.15) is 15.2 Å². The van der Waals surface area contributed by atoms with Crippen LogP contribution >= 0.6 is 23.6 Å². The van der Waals surface area contributed by atoms with Crippen LogP contribution in [0.2, 0.25) is 0 Å². The molecule has 8 heteroatoms. The Morgan fingerprint density at radius 3 is 2.54 bits per heavy atom. The number of carbonyl (C=O) groups is 2. The first-order chi connectivity index (χ1) is 11.6. The number of nitrogens with one attached hydrogen (secondary N) is 3. The highest BCUT2D eigenvalue weighted by molar-refractivity contribution is 7.80. The third-order valence-electron chi connectivity index (χ3n) is 2.82. The molecular weight excluding hydrogens is 346 g/mol. The van der Waals surface area contributed by atoms with Crippen LogP contribution in [0.25, 0.3) is 6.08 Å². The van der Waals surface area contributed by atoms with Crippen molar-refractivity contribution in [2.24, 2.45) is 0 Å². The topological polar surface area (TPSA) is 79.5 Å². The minimum atomic E-state index is -0.389. The predicted octanol–water partition coefficient (Wildman–Crippen LogP) is 2.11. The van der Waals surface area contributed by atoms with E-state index in [1.165, 1.54) is 17.4 Å². The van der Waals surface area contributed by atoms with Crippen molar-refractivity contribution in [1.82, 2.24) is 16.2 Å². The van der Waals surface area contributed by atoms with Gasteiger partial charge in [0.1, 0.15) is 5.75 Å². The van der Waals surface area contributed by atoms with Crippen molar-refractivity contribution in [2.75, 3.05) is 7.11 Å². The second-order valence-corrected chi connectivity index (χ2v) is 5.86. The quantitative estimate of drug-likeness (QED) is 0.442. The van der Waals surface area contributed by atoms with Crippen molar-refractivity contribution in [3.63, 3.8) is 0 Å². The molecular formula is C16H15N3O3S2. The summed E-state index contributed by atoms with van der Waals surface area (Å²) in [4.78, 5) is 24.6. The average molecular weight is 361 g/mol. The number of thiophene rings is 1. The van der Waals surface area contributed by atoms with Crippen LogP contribution in [0.15, 0.2) is 47.9 Å². The first-order valence-corrected chi connectivity index (χ1v) is 8.14. The molecule has 1 heterocycles. The number of hydrogen-bond acceptors (Lipinski definition) is 5. The Balaban J connectivity index is 1.77. The SMILES string of the molecule is COc1ccc(C(=O)NNC(=S)NC(=O)/C=C/c2cccs2)cc1. The number of amides is 2. The van der Waals surface area contributed by atoms with Gasteiger partial charge in [-0.3, -0.25) is 25.8 Å². The number of hydrazine groups is 1. The van der Waals surface area contributed by atoms with E-state index in [-0.39, 0.29) is 16.9 Å². The normalized spacial score (nSPS) is 10.2. The van der Waals surface area contributed by atoms with Crippen LogP contribution in [-0.2, 0) is 4.79 Å². The Morgan fingerprint density at radius 2 is 1.92 bits per heavy atom. The molecule has 0 bridgehead atoms. The van der Waals surface area contributed by atoms with E-state index in [4.69, 9.17) is 17.0 Å². The molecule has 0 aliphatic heterocycles. The van der Waals surface area contributed by atoms with Crippen molar-refractivity contribution in [2.45, 2.75) is 0 Å². The molecule has 2 aromatic rings. The Labute approximate surface area is 148 Å². The average Bonchev–Trinajstić information content (AvgIpc) is 3.11. The van der Waals surface area contributed by atoms with Crippen molar-refractivity contribution < 1.29 is 14.3 Å². The highest BCUT2D eigenvalue weighted by atomic mass is 32.1. The van der Waals surface area contributed by atoms with Gasteiger partial charge in [-0.25, -0.2) is 0 Å². The highest BCUT2D eigenvalue weighted by Gasteiger charge is 2.06. The molecule has 2 amide bonds. The van der Waals surface area contributed by atoms with E-state index in [1.807, 2.05) is 17.5 Å². The lowest BCUT2D eigenvalue weighted by molar-refractivity contribution is -0.115. The highest BCUT2D eigenvalue weighted by Crippen LogP contribution is 2.11. The molecule has 0 saturated carbocycles. The summed E-state index contributed by atoms with van der Waals surface area (Å²) in [5, 5.41) is 4.34. The predicted molar refractivity (Wildman–Crippen MR) is 97.7 cm³/mol. The summed E-state index contributed by atoms with van der Waals surface area (Å²) < 4.78 is 5.02. The molecule has 0 aliphatic rings. The lowest BCUT2D eigenvalue weighted by atomic mass is 10.2. The Morgan fingerprint density at radius 1 is 1.17 bits per heavy atom. The lowest BCUT2D eigenvalue weighted by Gasteiger charge is -2.10. The van der Waals surface area contributed by atoms with Crippen molar-refractivity contribution >= 4 is 46.6 Å². The number of methoxy groups -OCH3 is 1. The smallest absolute Gasteiger partial charge is 0.269 e. The summed E-state index contributed by atoms with van der Waals surface area (Å²) in [5.74, 6) is -0.122. The van der Waals surface area contributed by atoms with E-state index in [2.05, 4.69) is 16.2 Å². The minimum absolute atomic E-state index is 0.00214. The van der Waals surface area contributed by atoms with Gasteiger partial charge >= 0.3 is 0 Å². The zero-order valence-corrected chi connectivity index (χ0v) is 14.4. The molecule has 0 radical (unpaired) electrons. The van der Waals surface area contributed by atoms with Crippen LogP contribution in [0, 0.1) is 0 Å². The van der Waals surface area contributed by atoms with Gasteiger partial charge in [0.25, 0.3) is 5.91 Å². The molecule has 0 fully saturated rings. The zero-order chi connectivity index (χ0) is 17.4. The molecule has 0 aliphatic carbocycles. The Kier molecular flexibility index (Phi) is 6.47. The number of thiocarbonyl (C=S) groups is 1. The van der Waals surface area contributed by atoms with Gasteiger partial charge in [-0.2, -0.15) is 0 Å². The van der Waals surface area contributed by atoms with Crippen molar-refractivity contribution in [3.8, 4) is 5.75 Å². The zero-order valence-electron chi connectivity index (χ0n) is 12.7. The van der Waals surface area contributed by atoms with Gasteiger partial charge in [0.15, 0.2) is 5.11 Å². The van der Waals surface area contributed by atoms with E-state index in [1.54, 1.807) is 37.5 Å². The molecule has 24 heavy (non-hydrogen) atoms. The van der Waals surface area contributed by atoms with Gasteiger partial charge in [0.05, 0.1) is 7.11 Å². The first-order valence-electron chi connectivity index (χ1n) is 6.85. The fourth-order valence-electron chi connectivity index (χ4n) is 1.66. The molecule has 3 N–H and O–H groups in total. The maximum absolute atomic E-state index is 11.9. The molecule has 0 spiro atoms. The Hall–Kier alpha value is -2.71. The van der Waals surface area contributed by atoms with Crippen LogP contribution < -0.4 is 20.9 Å². The number of ether oxygens (including phenoxy) is 1. The van der Waals surface area contributed by atoms with E-state index in [0.29, 0.717) is 11.3 Å². The van der Waals surface area contributed by atoms with E-state index in [0.717, 1.165) is 4.88 Å². The molecule has 1 aromatic carbocycles. The van der Waals surface area contributed by atoms with Crippen LogP contribution in [0.4, 0.5) is 0 Å². The van der Waals surface area contributed by atoms with Crippen LogP contribution in [0.5, 0.6) is 5.75 Å². The third kappa shape index (κ3) is 5.49. The van der Waals surface area contributed by atoms with E-state index in [9.17, 15) is 9.59 Å². The number of benzene rings is 1. The largest absolute Gasteiger partial charge is 0.497 e. The fourth-order valence-corrected chi connectivity index (χ4v) is 2.43. The molecule has 124 valence electrons. The van der Waals surface area contributed by atoms with Crippen LogP contribution in [0.3, 0.4) is 0 Å². The van der Waals surface area contributed by atoms with E-state index < -0.39 is 0 Å². The summed E-state index contributed by atoms with van der Waals surface area (Å²) in [6.07, 6.45) is 3.05. The molecule has 0 unspecified atom stereocenters. The van der Waals surface area contributed by atoms with Crippen LogP contribution in [-0.4, -0.2) is 24.0 Å². The number of hydrogen-bond donors (Lipinski definition) is 3. The summed E-state index contributed by atoms with van der Waals surface area (Å²) in [6.45, 7) is 0. The van der Waals surface area contributed by atoms with E-state index >= 15 is 0 Å². The monoisotopic (exact) mass is 361 g/mol. The maximum Gasteiger partial charge on any atom is 0.269 e. The third-order valence-corrected chi connectivity index (χ3v) is 3.86. The first kappa shape index (κ1) is 17.6. The molecule has 2 rings (SSSR count). The summed E-state index contributed by atoms with van der Waals surface area (Å²) in [6, 6.07) is 10.3. The van der Waals surface area contributed by atoms with Gasteiger partial charge in [0.2, 0.25) is 5.91 Å². The summed E-state index contributed by atoms with van der Waals surface area (Å²) in [7, 11) is 1.55. The second kappa shape index (κ2) is 8.80. The van der Waals surface area contributed by atoms with Gasteiger partial charge in [-0.05, 0) is 54.0 Å². The summed E-state index contributed by atoms with van der Waals surface area (Å²) in [5.41, 5.74) is 5.30. The number of rotatable bonds is 4. The van der Waals surface area contributed by atoms with Crippen molar-refractivity contribution in [1.29, 1.82) is 0 Å². The molecule has 0 atom stereocenters. The van der Waals surface area contributed by atoms with Crippen molar-refractivity contribution in [3.05, 3.63) is 58.3 Å². The Bertz CT molecular complexity index is 740. The van der Waals surface area contributed by atoms with Gasteiger partial charge < -0.3 is 4.74 Å². The molecule has 6 nitrogen and oxygen atoms in total. The lowest BCUT2D eigenvalue weighted by Crippen LogP contribution is -2.48. The molecule has 1 aromatic heterocycles. The minimum Gasteiger partial charge on any atom is -0.497 e. The van der Waals surface area contributed by atoms with Gasteiger partial charge in [-0.15, -0.1) is 11.3 Å². The summed E-state index contributed by atoms with van der Waals surface area (Å²) >= 11 is 6.46. The molecule has 0 saturated heterocycles. The standard InChI is InChI=1S/C16H15N3O3S2/c1-22-12-6-4-11(5-7-12)15(21)18-19-16(23)17-14(20)9-8-13-3-2-10-24-13/h2-10H,1H3,(H,18,21)(H2,17,19,20,23)/b9-8+. The maximum atomic E-state index is 11.9. The number of carbonyl (C=O) groups excluding carboxylic acids is 2. The fraction of sp³-hybridized carbons (Fsp3) is 0.0625. The second-order valence-electron chi connectivity index (χ2n) is 4.47.